The van der Waals surface area contributed by atoms with E-state index in [4.69, 9.17) is 4.74 Å². The second-order valence-electron chi connectivity index (χ2n) is 5.29. The zero-order valence-electron chi connectivity index (χ0n) is 13.4. The zero-order valence-corrected chi connectivity index (χ0v) is 13.4. The van der Waals surface area contributed by atoms with Crippen LogP contribution in [0.2, 0.25) is 0 Å². The molecule has 0 bridgehead atoms. The van der Waals surface area contributed by atoms with Gasteiger partial charge in [0.15, 0.2) is 5.96 Å². The molecule has 7 heteroatoms. The molecule has 2 rings (SSSR count). The maximum absolute atomic E-state index is 11.6. The van der Waals surface area contributed by atoms with Gasteiger partial charge < -0.3 is 15.0 Å². The van der Waals surface area contributed by atoms with Crippen molar-refractivity contribution in [1.29, 1.82) is 0 Å². The Morgan fingerprint density at radius 2 is 2.23 bits per heavy atom. The number of aliphatic imine (C=N–C) groups is 1. The summed E-state index contributed by atoms with van der Waals surface area (Å²) in [4.78, 5) is 18.4. The lowest BCUT2D eigenvalue weighted by Gasteiger charge is -2.33. The third kappa shape index (κ3) is 4.47. The number of guanidine groups is 1. The summed E-state index contributed by atoms with van der Waals surface area (Å²) in [6.07, 6.45) is 5.34. The molecule has 1 aliphatic rings. The van der Waals surface area contributed by atoms with Crippen LogP contribution in [0.5, 0.6) is 0 Å². The number of nitrogens with one attached hydrogen (secondary N) is 1. The predicted octanol–water partition coefficient (Wildman–Crippen LogP) is 0.734. The quantitative estimate of drug-likeness (QED) is 0.493. The molecule has 7 nitrogen and oxygen atoms in total. The van der Waals surface area contributed by atoms with Crippen molar-refractivity contribution in [3.63, 3.8) is 0 Å². The summed E-state index contributed by atoms with van der Waals surface area (Å²) >= 11 is 0. The fraction of sp³-hybridized carbons (Fsp3) is 0.667. The highest BCUT2D eigenvalue weighted by molar-refractivity contribution is 5.80. The van der Waals surface area contributed by atoms with E-state index in [1.807, 2.05) is 16.9 Å². The van der Waals surface area contributed by atoms with Gasteiger partial charge in [0.2, 0.25) is 0 Å². The highest BCUT2D eigenvalue weighted by Gasteiger charge is 2.26. The lowest BCUT2D eigenvalue weighted by Crippen LogP contribution is -2.46. The Labute approximate surface area is 131 Å². The van der Waals surface area contributed by atoms with Gasteiger partial charge in [-0.1, -0.05) is 0 Å². The second-order valence-corrected chi connectivity index (χ2v) is 5.29. The van der Waals surface area contributed by atoms with Gasteiger partial charge in [0.05, 0.1) is 26.1 Å². The summed E-state index contributed by atoms with van der Waals surface area (Å²) in [5, 5.41) is 7.49. The molecule has 0 spiro atoms. The summed E-state index contributed by atoms with van der Waals surface area (Å²) in [6, 6.07) is 1.91. The Kier molecular flexibility index (Phi) is 6.24. The molecule has 0 aliphatic carbocycles. The highest BCUT2D eigenvalue weighted by Crippen LogP contribution is 2.18. The van der Waals surface area contributed by atoms with Crippen molar-refractivity contribution in [2.75, 3.05) is 33.3 Å². The van der Waals surface area contributed by atoms with E-state index in [1.54, 1.807) is 6.20 Å². The summed E-state index contributed by atoms with van der Waals surface area (Å²) in [5.41, 5.74) is 0. The smallest absolute Gasteiger partial charge is 0.308 e. The molecule has 0 atom stereocenters. The van der Waals surface area contributed by atoms with Crippen molar-refractivity contribution in [2.24, 2.45) is 10.9 Å². The Morgan fingerprint density at radius 1 is 1.45 bits per heavy atom. The van der Waals surface area contributed by atoms with Crippen LogP contribution in [0.15, 0.2) is 23.5 Å². The van der Waals surface area contributed by atoms with Gasteiger partial charge >= 0.3 is 5.97 Å². The molecule has 122 valence electrons. The van der Waals surface area contributed by atoms with Gasteiger partial charge in [-0.05, 0) is 25.8 Å². The molecule has 0 aromatic carbocycles. The van der Waals surface area contributed by atoms with E-state index in [1.165, 1.54) is 7.11 Å². The van der Waals surface area contributed by atoms with Crippen LogP contribution in [-0.4, -0.2) is 59.9 Å². The first-order chi connectivity index (χ1) is 10.7. The third-order valence-corrected chi connectivity index (χ3v) is 3.81. The molecule has 1 aromatic heterocycles. The molecular weight excluding hydrogens is 282 g/mol. The number of hydrogen-bond acceptors (Lipinski definition) is 4. The molecule has 1 aliphatic heterocycles. The molecule has 0 amide bonds. The second kappa shape index (κ2) is 8.41. The van der Waals surface area contributed by atoms with Crippen LogP contribution in [0.25, 0.3) is 0 Å². The van der Waals surface area contributed by atoms with E-state index in [0.29, 0.717) is 6.54 Å². The molecule has 1 fully saturated rings. The first-order valence-corrected chi connectivity index (χ1v) is 7.83. The monoisotopic (exact) mass is 307 g/mol. The maximum atomic E-state index is 11.6. The van der Waals surface area contributed by atoms with Gasteiger partial charge in [0.1, 0.15) is 0 Å². The number of nitrogens with zero attached hydrogens (tertiary/aromatic N) is 4. The van der Waals surface area contributed by atoms with Crippen LogP contribution in [0, 0.1) is 5.92 Å². The molecule has 1 saturated heterocycles. The molecule has 1 N–H and O–H groups in total. The number of methoxy groups -OCH3 is 1. The molecule has 2 heterocycles. The first-order valence-electron chi connectivity index (χ1n) is 7.83. The highest BCUT2D eigenvalue weighted by atomic mass is 16.5. The number of carbonyl (C=O) groups is 1. The Bertz CT molecular complexity index is 478. The van der Waals surface area contributed by atoms with Crippen molar-refractivity contribution in [1.82, 2.24) is 20.0 Å². The Morgan fingerprint density at radius 3 is 2.82 bits per heavy atom. The van der Waals surface area contributed by atoms with E-state index in [9.17, 15) is 4.79 Å². The number of piperidine rings is 1. The fourth-order valence-electron chi connectivity index (χ4n) is 2.61. The molecule has 22 heavy (non-hydrogen) atoms. The molecular formula is C15H25N5O2. The number of hydrogen-bond donors (Lipinski definition) is 1. The van der Waals surface area contributed by atoms with Gasteiger partial charge in [-0.15, -0.1) is 0 Å². The number of carbonyl (C=O) groups excluding carboxylic acids is 1. The Balaban J connectivity index is 1.86. The fourth-order valence-corrected chi connectivity index (χ4v) is 2.61. The lowest BCUT2D eigenvalue weighted by molar-refractivity contribution is -0.146. The van der Waals surface area contributed by atoms with Gasteiger partial charge in [-0.25, -0.2) is 0 Å². The number of aromatic nitrogens is 2. The first kappa shape index (κ1) is 16.3. The standard InChI is InChI=1S/C15H25N5O2/c1-3-16-15(17-8-12-20-9-4-7-18-20)19-10-5-13(6-11-19)14(21)22-2/h4,7,9,13H,3,5-6,8,10-12H2,1-2H3,(H,16,17). The van der Waals surface area contributed by atoms with E-state index >= 15 is 0 Å². The normalized spacial score (nSPS) is 16.6. The number of esters is 1. The largest absolute Gasteiger partial charge is 0.469 e. The minimum Gasteiger partial charge on any atom is -0.469 e. The van der Waals surface area contributed by atoms with Crippen LogP contribution in [0.3, 0.4) is 0 Å². The van der Waals surface area contributed by atoms with E-state index in [2.05, 4.69) is 27.2 Å². The van der Waals surface area contributed by atoms with Crippen molar-refractivity contribution in [3.05, 3.63) is 18.5 Å². The molecule has 1 aromatic rings. The van der Waals surface area contributed by atoms with Crippen LogP contribution >= 0.6 is 0 Å². The van der Waals surface area contributed by atoms with Crippen molar-refractivity contribution < 1.29 is 9.53 Å². The summed E-state index contributed by atoms with van der Waals surface area (Å²) < 4.78 is 6.70. The Hall–Kier alpha value is -2.05. The predicted molar refractivity (Wildman–Crippen MR) is 84.5 cm³/mol. The average molecular weight is 307 g/mol. The van der Waals surface area contributed by atoms with Crippen LogP contribution in [0.1, 0.15) is 19.8 Å². The van der Waals surface area contributed by atoms with Crippen LogP contribution in [0.4, 0.5) is 0 Å². The van der Waals surface area contributed by atoms with E-state index in [-0.39, 0.29) is 11.9 Å². The zero-order chi connectivity index (χ0) is 15.8. The van der Waals surface area contributed by atoms with Gasteiger partial charge in [0, 0.05) is 32.0 Å². The van der Waals surface area contributed by atoms with E-state index < -0.39 is 0 Å². The molecule has 0 unspecified atom stereocenters. The summed E-state index contributed by atoms with van der Waals surface area (Å²) in [5.74, 6) is 0.839. The molecule has 0 saturated carbocycles. The minimum atomic E-state index is -0.0970. The maximum Gasteiger partial charge on any atom is 0.308 e. The summed E-state index contributed by atoms with van der Waals surface area (Å²) in [7, 11) is 1.45. The minimum absolute atomic E-state index is 0.0215. The van der Waals surface area contributed by atoms with Crippen LogP contribution in [-0.2, 0) is 16.1 Å². The SMILES string of the molecule is CCNC(=NCCn1cccn1)N1CCC(C(=O)OC)CC1. The number of ether oxygens (including phenoxy) is 1. The van der Waals surface area contributed by atoms with Crippen molar-refractivity contribution in [2.45, 2.75) is 26.3 Å². The van der Waals surface area contributed by atoms with Crippen LogP contribution < -0.4 is 5.32 Å². The topological polar surface area (TPSA) is 71.8 Å². The molecule has 0 radical (unpaired) electrons. The number of rotatable bonds is 5. The van der Waals surface area contributed by atoms with E-state index in [0.717, 1.165) is 45.0 Å². The summed E-state index contributed by atoms with van der Waals surface area (Å²) in [6.45, 7) is 5.99. The van der Waals surface area contributed by atoms with Gasteiger partial charge in [0.25, 0.3) is 0 Å². The van der Waals surface area contributed by atoms with Crippen molar-refractivity contribution in [3.8, 4) is 0 Å². The van der Waals surface area contributed by atoms with Crippen molar-refractivity contribution >= 4 is 11.9 Å². The van der Waals surface area contributed by atoms with Gasteiger partial charge in [-0.3, -0.25) is 14.5 Å². The third-order valence-electron chi connectivity index (χ3n) is 3.81. The lowest BCUT2D eigenvalue weighted by atomic mass is 9.97. The average Bonchev–Trinajstić information content (AvgIpc) is 3.07. The van der Waals surface area contributed by atoms with Gasteiger partial charge in [-0.2, -0.15) is 5.10 Å². The number of likely N-dealkylation sites (tertiary alicyclic amines) is 1.